The normalized spacial score (nSPS) is 11.4. The van der Waals surface area contributed by atoms with Crippen molar-refractivity contribution < 1.29 is 0 Å². The number of hydrogen-bond acceptors (Lipinski definition) is 2. The predicted molar refractivity (Wildman–Crippen MR) is 174 cm³/mol. The minimum atomic E-state index is 0.978. The van der Waals surface area contributed by atoms with Gasteiger partial charge in [-0.3, -0.25) is 9.80 Å². The zero-order valence-corrected chi connectivity index (χ0v) is 27.1. The van der Waals surface area contributed by atoms with Crippen LogP contribution < -0.4 is 0 Å². The first-order valence-electron chi connectivity index (χ1n) is 17.7. The van der Waals surface area contributed by atoms with Crippen LogP contribution in [-0.2, 0) is 0 Å². The summed E-state index contributed by atoms with van der Waals surface area (Å²) in [7, 11) is 0. The zero-order valence-electron chi connectivity index (χ0n) is 27.1. The molecule has 0 atom stereocenters. The van der Waals surface area contributed by atoms with Crippen LogP contribution >= 0.6 is 0 Å². The van der Waals surface area contributed by atoms with Gasteiger partial charge in [0.2, 0.25) is 0 Å². The van der Waals surface area contributed by atoms with Crippen LogP contribution in [-0.4, -0.2) is 49.1 Å². The standard InChI is InChI=1S/C36H72N2/c1-5-9-13-17-21-25-31-37(32-26-22-18-14-10-6-2)35-29-30-36-38(33-27-23-19-15-11-7-3)34-28-24-20-16-12-8-4/h5-28,31-36H2,1-4H3. The van der Waals surface area contributed by atoms with Crippen LogP contribution in [0.25, 0.3) is 0 Å². The van der Waals surface area contributed by atoms with E-state index in [9.17, 15) is 0 Å². The molecule has 0 rings (SSSR count). The van der Waals surface area contributed by atoms with Crippen LogP contribution in [0.15, 0.2) is 0 Å². The van der Waals surface area contributed by atoms with E-state index in [1.165, 1.54) is 180 Å². The molecule has 0 aromatic rings. The molecule has 0 aromatic carbocycles. The maximum atomic E-state index is 3.61. The molecular weight excluding hydrogens is 460 g/mol. The molecular formula is C36H72N2. The Kier molecular flexibility index (Phi) is 32.2. The smallest absolute Gasteiger partial charge is 0.0602 e. The second-order valence-corrected chi connectivity index (χ2v) is 12.0. The summed E-state index contributed by atoms with van der Waals surface area (Å²) in [5.74, 6) is 7.22. The Bertz CT molecular complexity index is 417. The Labute approximate surface area is 242 Å². The van der Waals surface area contributed by atoms with Crippen molar-refractivity contribution in [3.05, 3.63) is 0 Å². The Morgan fingerprint density at radius 2 is 0.500 bits per heavy atom. The second-order valence-electron chi connectivity index (χ2n) is 12.0. The molecule has 0 aromatic heterocycles. The van der Waals surface area contributed by atoms with Gasteiger partial charge in [-0.1, -0.05) is 168 Å². The van der Waals surface area contributed by atoms with Gasteiger partial charge in [0.1, 0.15) is 0 Å². The average Bonchev–Trinajstić information content (AvgIpc) is 2.93. The molecule has 0 saturated heterocycles. The molecule has 0 aliphatic rings. The van der Waals surface area contributed by atoms with Gasteiger partial charge in [0.25, 0.3) is 0 Å². The van der Waals surface area contributed by atoms with Crippen LogP contribution in [0.4, 0.5) is 0 Å². The highest BCUT2D eigenvalue weighted by Crippen LogP contribution is 2.10. The lowest BCUT2D eigenvalue weighted by Crippen LogP contribution is -2.28. The summed E-state index contributed by atoms with van der Waals surface area (Å²) in [5.41, 5.74) is 0. The lowest BCUT2D eigenvalue weighted by Gasteiger charge is -2.21. The molecule has 0 amide bonds. The van der Waals surface area contributed by atoms with E-state index in [1.807, 2.05) is 0 Å². The van der Waals surface area contributed by atoms with Crippen molar-refractivity contribution in [2.75, 3.05) is 39.3 Å². The summed E-state index contributed by atoms with van der Waals surface area (Å²) >= 11 is 0. The first-order valence-corrected chi connectivity index (χ1v) is 17.7. The van der Waals surface area contributed by atoms with Crippen molar-refractivity contribution >= 4 is 0 Å². The molecule has 0 radical (unpaired) electrons. The molecule has 38 heavy (non-hydrogen) atoms. The van der Waals surface area contributed by atoms with Gasteiger partial charge in [0.05, 0.1) is 13.1 Å². The number of rotatable bonds is 30. The topological polar surface area (TPSA) is 6.48 Å². The monoisotopic (exact) mass is 533 g/mol. The van der Waals surface area contributed by atoms with Crippen LogP contribution in [0.2, 0.25) is 0 Å². The highest BCUT2D eigenvalue weighted by atomic mass is 15.1. The SMILES string of the molecule is CCCCCCCCN(CC#CCN(CCCCCCCC)CCCCCCCC)CCCCCCCC. The third kappa shape index (κ3) is 28.5. The molecule has 2 nitrogen and oxygen atoms in total. The first kappa shape index (κ1) is 37.5. The maximum Gasteiger partial charge on any atom is 0.0602 e. The van der Waals surface area contributed by atoms with Crippen molar-refractivity contribution in [2.45, 2.75) is 182 Å². The van der Waals surface area contributed by atoms with Crippen molar-refractivity contribution in [3.63, 3.8) is 0 Å². The number of nitrogens with zero attached hydrogens (tertiary/aromatic N) is 2. The van der Waals surface area contributed by atoms with Crippen LogP contribution in [0.1, 0.15) is 182 Å². The maximum absolute atomic E-state index is 3.61. The molecule has 0 saturated carbocycles. The van der Waals surface area contributed by atoms with Crippen molar-refractivity contribution in [2.24, 2.45) is 0 Å². The summed E-state index contributed by atoms with van der Waals surface area (Å²) in [5, 5.41) is 0. The Morgan fingerprint density at radius 3 is 0.737 bits per heavy atom. The van der Waals surface area contributed by atoms with Crippen molar-refractivity contribution in [1.29, 1.82) is 0 Å². The Morgan fingerprint density at radius 1 is 0.289 bits per heavy atom. The molecule has 2 heteroatoms. The molecule has 0 unspecified atom stereocenters. The van der Waals surface area contributed by atoms with Crippen molar-refractivity contribution in [1.82, 2.24) is 9.80 Å². The van der Waals surface area contributed by atoms with Gasteiger partial charge in [-0.25, -0.2) is 0 Å². The molecule has 0 aliphatic carbocycles. The Hall–Kier alpha value is -0.520. The molecule has 0 spiro atoms. The Balaban J connectivity index is 4.55. The fourth-order valence-corrected chi connectivity index (χ4v) is 5.34. The zero-order chi connectivity index (χ0) is 27.8. The van der Waals surface area contributed by atoms with E-state index in [1.54, 1.807) is 0 Å². The van der Waals surface area contributed by atoms with Gasteiger partial charge in [-0.05, 0) is 51.9 Å². The fourth-order valence-electron chi connectivity index (χ4n) is 5.34. The second kappa shape index (κ2) is 32.7. The molecule has 0 aliphatic heterocycles. The number of unbranched alkanes of at least 4 members (excludes halogenated alkanes) is 20. The summed E-state index contributed by atoms with van der Waals surface area (Å²) in [6.45, 7) is 16.2. The third-order valence-corrected chi connectivity index (χ3v) is 8.04. The van der Waals surface area contributed by atoms with Crippen LogP contribution in [0, 0.1) is 11.8 Å². The quantitative estimate of drug-likeness (QED) is 0.0670. The lowest BCUT2D eigenvalue weighted by molar-refractivity contribution is 0.285. The largest absolute Gasteiger partial charge is 0.292 e. The van der Waals surface area contributed by atoms with Gasteiger partial charge in [-0.2, -0.15) is 0 Å². The highest BCUT2D eigenvalue weighted by molar-refractivity contribution is 5.03. The fraction of sp³-hybridized carbons (Fsp3) is 0.944. The molecule has 0 fully saturated rings. The third-order valence-electron chi connectivity index (χ3n) is 8.04. The minimum Gasteiger partial charge on any atom is -0.292 e. The summed E-state index contributed by atoms with van der Waals surface area (Å²) in [6.07, 6.45) is 33.3. The van der Waals surface area contributed by atoms with Crippen LogP contribution in [0.5, 0.6) is 0 Å². The predicted octanol–water partition coefficient (Wildman–Crippen LogP) is 11.0. The van der Waals surface area contributed by atoms with Gasteiger partial charge >= 0.3 is 0 Å². The van der Waals surface area contributed by atoms with Gasteiger partial charge < -0.3 is 0 Å². The highest BCUT2D eigenvalue weighted by Gasteiger charge is 2.05. The average molecular weight is 533 g/mol. The molecule has 226 valence electrons. The summed E-state index contributed by atoms with van der Waals surface area (Å²) in [6, 6.07) is 0. The summed E-state index contributed by atoms with van der Waals surface area (Å²) < 4.78 is 0. The van der Waals surface area contributed by atoms with E-state index in [2.05, 4.69) is 49.3 Å². The van der Waals surface area contributed by atoms with E-state index in [4.69, 9.17) is 0 Å². The van der Waals surface area contributed by atoms with Gasteiger partial charge in [0, 0.05) is 0 Å². The van der Waals surface area contributed by atoms with Gasteiger partial charge in [0.15, 0.2) is 0 Å². The summed E-state index contributed by atoms with van der Waals surface area (Å²) in [4.78, 5) is 5.33. The molecule has 0 heterocycles. The first-order chi connectivity index (χ1) is 18.8. The van der Waals surface area contributed by atoms with E-state index in [0.717, 1.165) is 13.1 Å². The van der Waals surface area contributed by atoms with E-state index in [0.29, 0.717) is 0 Å². The van der Waals surface area contributed by atoms with Crippen LogP contribution in [0.3, 0.4) is 0 Å². The minimum absolute atomic E-state index is 0.978. The van der Waals surface area contributed by atoms with E-state index in [-0.39, 0.29) is 0 Å². The van der Waals surface area contributed by atoms with E-state index >= 15 is 0 Å². The lowest BCUT2D eigenvalue weighted by atomic mass is 10.1. The number of hydrogen-bond donors (Lipinski definition) is 0. The van der Waals surface area contributed by atoms with Gasteiger partial charge in [-0.15, -0.1) is 0 Å². The van der Waals surface area contributed by atoms with E-state index < -0.39 is 0 Å². The van der Waals surface area contributed by atoms with Crippen molar-refractivity contribution in [3.8, 4) is 11.8 Å². The molecule has 0 N–H and O–H groups in total. The molecule has 0 bridgehead atoms.